The van der Waals surface area contributed by atoms with Crippen LogP contribution in [0, 0.1) is 9.49 Å². The second-order valence-corrected chi connectivity index (χ2v) is 10.8. The highest BCUT2D eigenvalue weighted by Crippen LogP contribution is 2.31. The SMILES string of the molecule is CC(C)CC(=O)N(Cc1ccc(Cl)cc1)[C@@H]1CC(C(=O)NCCO)=C[C@H](Oc2ccccc2I)[C@H]1O. The first-order valence-electron chi connectivity index (χ1n) is 11.9. The summed E-state index contributed by atoms with van der Waals surface area (Å²) in [6.07, 6.45) is 0.147. The third-order valence-corrected chi connectivity index (χ3v) is 7.03. The standard InChI is InChI=1S/C27H32ClIN2O5/c1-17(2)13-25(33)31(16-18-7-9-20(28)10-8-18)22-14-19(27(35)30-11-12-32)15-24(26(22)34)36-23-6-4-3-5-21(23)29/h3-10,15,17,22,24,26,32,34H,11-14,16H2,1-2H3,(H,30,35)/t22-,24+,26+/m1/s1. The van der Waals surface area contributed by atoms with E-state index >= 15 is 0 Å². The minimum atomic E-state index is -1.07. The van der Waals surface area contributed by atoms with E-state index in [-0.39, 0.29) is 43.8 Å². The molecule has 0 aromatic heterocycles. The summed E-state index contributed by atoms with van der Waals surface area (Å²) in [6.45, 7) is 4.10. The maximum atomic E-state index is 13.4. The molecule has 0 heterocycles. The molecule has 194 valence electrons. The van der Waals surface area contributed by atoms with Gasteiger partial charge in [0.1, 0.15) is 18.0 Å². The van der Waals surface area contributed by atoms with Crippen LogP contribution in [0.25, 0.3) is 0 Å². The van der Waals surface area contributed by atoms with Gasteiger partial charge in [-0.3, -0.25) is 9.59 Å². The Morgan fingerprint density at radius 3 is 2.53 bits per heavy atom. The minimum absolute atomic E-state index is 0.103. The van der Waals surface area contributed by atoms with E-state index < -0.39 is 18.2 Å². The molecule has 0 unspecified atom stereocenters. The van der Waals surface area contributed by atoms with Gasteiger partial charge in [0.15, 0.2) is 0 Å². The van der Waals surface area contributed by atoms with Gasteiger partial charge in [0.2, 0.25) is 11.8 Å². The highest BCUT2D eigenvalue weighted by Gasteiger charge is 2.40. The van der Waals surface area contributed by atoms with E-state index in [1.54, 1.807) is 29.2 Å². The number of aliphatic hydroxyl groups excluding tert-OH is 2. The molecule has 0 aliphatic heterocycles. The van der Waals surface area contributed by atoms with Gasteiger partial charge >= 0.3 is 0 Å². The molecule has 3 atom stereocenters. The fourth-order valence-corrected chi connectivity index (χ4v) is 4.75. The van der Waals surface area contributed by atoms with Crippen LogP contribution in [0.1, 0.15) is 32.3 Å². The van der Waals surface area contributed by atoms with Crippen molar-refractivity contribution in [1.82, 2.24) is 10.2 Å². The van der Waals surface area contributed by atoms with Gasteiger partial charge in [0, 0.05) is 36.5 Å². The lowest BCUT2D eigenvalue weighted by molar-refractivity contribution is -0.140. The zero-order valence-corrected chi connectivity index (χ0v) is 23.3. The van der Waals surface area contributed by atoms with Gasteiger partial charge < -0.3 is 25.2 Å². The number of halogens is 2. The van der Waals surface area contributed by atoms with Crippen LogP contribution < -0.4 is 10.1 Å². The zero-order valence-electron chi connectivity index (χ0n) is 20.4. The Morgan fingerprint density at radius 2 is 1.89 bits per heavy atom. The predicted octanol–water partition coefficient (Wildman–Crippen LogP) is 3.94. The fraction of sp³-hybridized carbons (Fsp3) is 0.407. The summed E-state index contributed by atoms with van der Waals surface area (Å²) in [6, 6.07) is 13.9. The van der Waals surface area contributed by atoms with Crippen molar-refractivity contribution in [2.24, 2.45) is 5.92 Å². The lowest BCUT2D eigenvalue weighted by Crippen LogP contribution is -2.55. The molecule has 7 nitrogen and oxygen atoms in total. The Morgan fingerprint density at radius 1 is 1.19 bits per heavy atom. The molecule has 0 fully saturated rings. The number of ether oxygens (including phenoxy) is 1. The van der Waals surface area contributed by atoms with E-state index in [0.717, 1.165) is 9.13 Å². The molecule has 2 amide bonds. The number of hydrogen-bond acceptors (Lipinski definition) is 5. The van der Waals surface area contributed by atoms with Gasteiger partial charge in [0.25, 0.3) is 0 Å². The third kappa shape index (κ3) is 7.68. The first-order valence-corrected chi connectivity index (χ1v) is 13.4. The summed E-state index contributed by atoms with van der Waals surface area (Å²) in [5.74, 6) is 0.216. The number of carbonyl (C=O) groups is 2. The Labute approximate surface area is 230 Å². The Balaban J connectivity index is 1.97. The van der Waals surface area contributed by atoms with E-state index in [9.17, 15) is 14.7 Å². The van der Waals surface area contributed by atoms with Crippen LogP contribution in [0.5, 0.6) is 5.75 Å². The third-order valence-electron chi connectivity index (χ3n) is 5.88. The van der Waals surface area contributed by atoms with Crippen molar-refractivity contribution < 1.29 is 24.5 Å². The van der Waals surface area contributed by atoms with E-state index in [1.807, 2.05) is 44.2 Å². The van der Waals surface area contributed by atoms with Crippen molar-refractivity contribution in [3.8, 4) is 5.75 Å². The van der Waals surface area contributed by atoms with E-state index in [4.69, 9.17) is 21.4 Å². The summed E-state index contributed by atoms with van der Waals surface area (Å²) in [7, 11) is 0. The molecule has 36 heavy (non-hydrogen) atoms. The smallest absolute Gasteiger partial charge is 0.247 e. The topological polar surface area (TPSA) is 99.1 Å². The number of nitrogens with zero attached hydrogens (tertiary/aromatic N) is 1. The number of nitrogens with one attached hydrogen (secondary N) is 1. The second kappa shape index (κ2) is 13.4. The van der Waals surface area contributed by atoms with Crippen LogP contribution in [0.3, 0.4) is 0 Å². The second-order valence-electron chi connectivity index (χ2n) is 9.19. The highest BCUT2D eigenvalue weighted by molar-refractivity contribution is 14.1. The minimum Gasteiger partial charge on any atom is -0.482 e. The van der Waals surface area contributed by atoms with Gasteiger partial charge in [-0.15, -0.1) is 0 Å². The van der Waals surface area contributed by atoms with Gasteiger partial charge in [0.05, 0.1) is 16.2 Å². The normalized spacial score (nSPS) is 19.5. The average molecular weight is 627 g/mol. The summed E-state index contributed by atoms with van der Waals surface area (Å²) in [5, 5.41) is 23.9. The average Bonchev–Trinajstić information content (AvgIpc) is 2.84. The maximum Gasteiger partial charge on any atom is 0.247 e. The molecule has 1 aliphatic rings. The fourth-order valence-electron chi connectivity index (χ4n) is 4.11. The molecule has 0 saturated carbocycles. The van der Waals surface area contributed by atoms with Crippen molar-refractivity contribution in [3.05, 3.63) is 74.3 Å². The molecular weight excluding hydrogens is 595 g/mol. The maximum absolute atomic E-state index is 13.4. The van der Waals surface area contributed by atoms with E-state index in [1.165, 1.54) is 0 Å². The number of amides is 2. The quantitative estimate of drug-likeness (QED) is 0.347. The summed E-state index contributed by atoms with van der Waals surface area (Å²) in [4.78, 5) is 28.0. The molecule has 2 aromatic carbocycles. The van der Waals surface area contributed by atoms with Crippen LogP contribution in [-0.2, 0) is 16.1 Å². The van der Waals surface area contributed by atoms with Crippen LogP contribution in [0.2, 0.25) is 5.02 Å². The molecule has 3 rings (SSSR count). The van der Waals surface area contributed by atoms with E-state index in [0.29, 0.717) is 22.8 Å². The molecule has 3 N–H and O–H groups in total. The highest BCUT2D eigenvalue weighted by atomic mass is 127. The Bertz CT molecular complexity index is 1080. The van der Waals surface area contributed by atoms with Crippen molar-refractivity contribution in [3.63, 3.8) is 0 Å². The monoisotopic (exact) mass is 626 g/mol. The number of para-hydroxylation sites is 1. The molecule has 0 radical (unpaired) electrons. The van der Waals surface area contributed by atoms with Crippen molar-refractivity contribution in [1.29, 1.82) is 0 Å². The molecule has 9 heteroatoms. The zero-order chi connectivity index (χ0) is 26.2. The Kier molecular flexibility index (Phi) is 10.6. The largest absolute Gasteiger partial charge is 0.482 e. The molecular formula is C27H32ClIN2O5. The first-order chi connectivity index (χ1) is 17.2. The number of aliphatic hydroxyl groups is 2. The predicted molar refractivity (Wildman–Crippen MR) is 148 cm³/mol. The van der Waals surface area contributed by atoms with Crippen molar-refractivity contribution in [2.75, 3.05) is 13.2 Å². The summed E-state index contributed by atoms with van der Waals surface area (Å²) >= 11 is 8.20. The molecule has 2 aromatic rings. The lowest BCUT2D eigenvalue weighted by Gasteiger charge is -2.41. The van der Waals surface area contributed by atoms with Crippen molar-refractivity contribution >= 4 is 46.0 Å². The van der Waals surface area contributed by atoms with Crippen LogP contribution in [0.15, 0.2) is 60.2 Å². The number of rotatable bonds is 10. The summed E-state index contributed by atoms with van der Waals surface area (Å²) in [5.41, 5.74) is 1.26. The van der Waals surface area contributed by atoms with Gasteiger partial charge in [-0.05, 0) is 64.4 Å². The first kappa shape index (κ1) is 28.4. The van der Waals surface area contributed by atoms with Gasteiger partial charge in [-0.25, -0.2) is 0 Å². The van der Waals surface area contributed by atoms with Gasteiger partial charge in [-0.1, -0.05) is 49.7 Å². The number of benzene rings is 2. The van der Waals surface area contributed by atoms with Crippen LogP contribution in [0.4, 0.5) is 0 Å². The number of carbonyl (C=O) groups excluding carboxylic acids is 2. The van der Waals surface area contributed by atoms with Crippen molar-refractivity contribution in [2.45, 2.75) is 51.5 Å². The van der Waals surface area contributed by atoms with E-state index in [2.05, 4.69) is 27.9 Å². The summed E-state index contributed by atoms with van der Waals surface area (Å²) < 4.78 is 7.03. The Hall–Kier alpha value is -2.14. The number of hydrogen-bond donors (Lipinski definition) is 3. The molecule has 1 aliphatic carbocycles. The molecule has 0 saturated heterocycles. The van der Waals surface area contributed by atoms with Crippen LogP contribution >= 0.6 is 34.2 Å². The molecule has 0 bridgehead atoms. The van der Waals surface area contributed by atoms with Gasteiger partial charge in [-0.2, -0.15) is 0 Å². The lowest BCUT2D eigenvalue weighted by atomic mass is 9.87. The van der Waals surface area contributed by atoms with Crippen LogP contribution in [-0.4, -0.2) is 58.3 Å². The molecule has 0 spiro atoms.